The van der Waals surface area contributed by atoms with Crippen LogP contribution >= 0.6 is 0 Å². The van der Waals surface area contributed by atoms with Gasteiger partial charge in [0.25, 0.3) is 0 Å². The Labute approximate surface area is 332 Å². The van der Waals surface area contributed by atoms with Gasteiger partial charge in [-0.3, -0.25) is 0 Å². The maximum atomic E-state index is 9.48. The minimum Gasteiger partial charge on any atom is -0.311 e. The molecule has 10 aromatic rings. The highest BCUT2D eigenvalue weighted by molar-refractivity contribution is 6.23. The summed E-state index contributed by atoms with van der Waals surface area (Å²) in [6, 6.07) is 79.9. The van der Waals surface area contributed by atoms with Gasteiger partial charge in [-0.15, -0.1) is 0 Å². The first-order chi connectivity index (χ1) is 28.2. The van der Waals surface area contributed by atoms with Crippen molar-refractivity contribution in [1.29, 1.82) is 5.26 Å². The molecule has 2 heteroatoms. The quantitative estimate of drug-likeness (QED) is 0.153. The van der Waals surface area contributed by atoms with Crippen LogP contribution in [0.15, 0.2) is 218 Å². The van der Waals surface area contributed by atoms with Gasteiger partial charge in [-0.05, 0) is 125 Å². The molecular formula is C55H36N2. The Balaban J connectivity index is 1.02. The van der Waals surface area contributed by atoms with E-state index >= 15 is 0 Å². The van der Waals surface area contributed by atoms with Crippen LogP contribution in [-0.2, 0) is 0 Å². The first-order valence-electron chi connectivity index (χ1n) is 19.3. The van der Waals surface area contributed by atoms with E-state index in [0.717, 1.165) is 28.2 Å². The third-order valence-electron chi connectivity index (χ3n) is 11.1. The lowest BCUT2D eigenvalue weighted by Gasteiger charge is -2.26. The van der Waals surface area contributed by atoms with E-state index in [2.05, 4.69) is 199 Å². The van der Waals surface area contributed by atoms with Crippen LogP contribution in [0.3, 0.4) is 0 Å². The molecule has 0 saturated carbocycles. The first-order valence-corrected chi connectivity index (χ1v) is 19.3. The fourth-order valence-corrected chi connectivity index (χ4v) is 8.37. The summed E-state index contributed by atoms with van der Waals surface area (Å²) in [4.78, 5) is 2.24. The second kappa shape index (κ2) is 14.5. The lowest BCUT2D eigenvalue weighted by molar-refractivity contribution is 1.28. The van der Waals surface area contributed by atoms with E-state index in [0.29, 0.717) is 5.56 Å². The molecule has 0 unspecified atom stereocenters. The predicted molar refractivity (Wildman–Crippen MR) is 240 cm³/mol. The van der Waals surface area contributed by atoms with Gasteiger partial charge in [0.15, 0.2) is 0 Å². The van der Waals surface area contributed by atoms with Gasteiger partial charge in [0.05, 0.1) is 11.6 Å². The molecule has 0 N–H and O–H groups in total. The molecule has 0 radical (unpaired) electrons. The SMILES string of the molecule is N#Cc1ccc(N(c2ccc(-c3ccccc3)cc2)c2ccc(-c3ccc(-c4c5ccccc5c(-c5cccc6ccccc56)c5ccccc45)cc3)cc2)cc1. The summed E-state index contributed by atoms with van der Waals surface area (Å²) in [6.07, 6.45) is 0. The van der Waals surface area contributed by atoms with Gasteiger partial charge >= 0.3 is 0 Å². The largest absolute Gasteiger partial charge is 0.311 e. The van der Waals surface area contributed by atoms with Crippen LogP contribution in [-0.4, -0.2) is 0 Å². The van der Waals surface area contributed by atoms with Gasteiger partial charge in [0.1, 0.15) is 0 Å². The summed E-state index contributed by atoms with van der Waals surface area (Å²) in [6.45, 7) is 0. The third kappa shape index (κ3) is 6.18. The van der Waals surface area contributed by atoms with Crippen LogP contribution in [0.25, 0.3) is 76.8 Å². The predicted octanol–water partition coefficient (Wildman–Crippen LogP) is 15.2. The lowest BCUT2D eigenvalue weighted by atomic mass is 9.84. The summed E-state index contributed by atoms with van der Waals surface area (Å²) < 4.78 is 0. The Morgan fingerprint density at radius 1 is 0.298 bits per heavy atom. The molecule has 0 aliphatic rings. The van der Waals surface area contributed by atoms with E-state index in [1.165, 1.54) is 65.7 Å². The molecule has 0 atom stereocenters. The number of nitriles is 1. The first kappa shape index (κ1) is 33.8. The molecule has 266 valence electrons. The monoisotopic (exact) mass is 724 g/mol. The molecule has 10 aromatic carbocycles. The van der Waals surface area contributed by atoms with Gasteiger partial charge in [-0.1, -0.05) is 170 Å². The second-order valence-corrected chi connectivity index (χ2v) is 14.4. The molecule has 0 bridgehead atoms. The number of hydrogen-bond donors (Lipinski definition) is 0. The average Bonchev–Trinajstić information content (AvgIpc) is 3.29. The molecule has 0 saturated heterocycles. The summed E-state index contributed by atoms with van der Waals surface area (Å²) in [5.41, 5.74) is 13.3. The van der Waals surface area contributed by atoms with Crippen LogP contribution in [0.1, 0.15) is 5.56 Å². The summed E-state index contributed by atoms with van der Waals surface area (Å²) in [5.74, 6) is 0. The Bertz CT molecular complexity index is 3020. The molecule has 10 rings (SSSR count). The third-order valence-corrected chi connectivity index (χ3v) is 11.1. The van der Waals surface area contributed by atoms with Gasteiger partial charge in [-0.2, -0.15) is 5.26 Å². The molecule has 0 fully saturated rings. The normalized spacial score (nSPS) is 11.1. The molecule has 0 amide bonds. The van der Waals surface area contributed by atoms with Crippen LogP contribution in [0, 0.1) is 11.3 Å². The number of rotatable bonds is 7. The highest BCUT2D eigenvalue weighted by Gasteiger charge is 2.18. The minimum atomic E-state index is 0.638. The number of nitrogens with zero attached hydrogens (tertiary/aromatic N) is 2. The van der Waals surface area contributed by atoms with E-state index < -0.39 is 0 Å². The zero-order valence-electron chi connectivity index (χ0n) is 31.2. The fraction of sp³-hybridized carbons (Fsp3) is 0. The van der Waals surface area contributed by atoms with Gasteiger partial charge in [-0.25, -0.2) is 0 Å². The van der Waals surface area contributed by atoms with Crippen molar-refractivity contribution in [2.45, 2.75) is 0 Å². The molecule has 0 spiro atoms. The summed E-state index contributed by atoms with van der Waals surface area (Å²) in [5, 5.41) is 17.0. The molecule has 0 aliphatic heterocycles. The molecule has 57 heavy (non-hydrogen) atoms. The number of hydrogen-bond acceptors (Lipinski definition) is 2. The van der Waals surface area contributed by atoms with Crippen LogP contribution in [0.4, 0.5) is 17.1 Å². The summed E-state index contributed by atoms with van der Waals surface area (Å²) >= 11 is 0. The van der Waals surface area contributed by atoms with Crippen molar-refractivity contribution in [3.8, 4) is 50.6 Å². The van der Waals surface area contributed by atoms with Crippen molar-refractivity contribution in [3.05, 3.63) is 224 Å². The Morgan fingerprint density at radius 3 is 1.21 bits per heavy atom. The van der Waals surface area contributed by atoms with Crippen LogP contribution in [0.5, 0.6) is 0 Å². The standard InChI is InChI=1S/C55H36N2/c56-37-38-21-31-45(32-22-38)57(46-33-27-41(28-34-46)39-11-2-1-3-12-39)47-35-29-42(30-36-47)40-23-25-44(26-24-40)54-50-16-6-8-18-52(50)55(53-19-9-7-17-51(53)54)49-20-10-14-43-13-4-5-15-48(43)49/h1-36H. The average molecular weight is 725 g/mol. The molecule has 0 aromatic heterocycles. The maximum absolute atomic E-state index is 9.48. The molecular weight excluding hydrogens is 689 g/mol. The van der Waals surface area contributed by atoms with Crippen molar-refractivity contribution in [2.75, 3.05) is 4.90 Å². The Morgan fingerprint density at radius 2 is 0.684 bits per heavy atom. The van der Waals surface area contributed by atoms with E-state index in [9.17, 15) is 5.26 Å². The van der Waals surface area contributed by atoms with E-state index in [4.69, 9.17) is 0 Å². The van der Waals surface area contributed by atoms with Crippen molar-refractivity contribution in [2.24, 2.45) is 0 Å². The zero-order valence-corrected chi connectivity index (χ0v) is 31.2. The lowest BCUT2D eigenvalue weighted by Crippen LogP contribution is -2.09. The highest BCUT2D eigenvalue weighted by Crippen LogP contribution is 2.45. The van der Waals surface area contributed by atoms with Gasteiger partial charge in [0.2, 0.25) is 0 Å². The number of benzene rings is 10. The second-order valence-electron chi connectivity index (χ2n) is 14.4. The fourth-order valence-electron chi connectivity index (χ4n) is 8.37. The van der Waals surface area contributed by atoms with Crippen molar-refractivity contribution >= 4 is 49.4 Å². The van der Waals surface area contributed by atoms with E-state index in [1.54, 1.807) is 0 Å². The molecule has 0 aliphatic carbocycles. The van der Waals surface area contributed by atoms with E-state index in [1.807, 2.05) is 30.3 Å². The molecule has 2 nitrogen and oxygen atoms in total. The van der Waals surface area contributed by atoms with Crippen molar-refractivity contribution < 1.29 is 0 Å². The maximum Gasteiger partial charge on any atom is 0.0991 e. The summed E-state index contributed by atoms with van der Waals surface area (Å²) in [7, 11) is 0. The zero-order chi connectivity index (χ0) is 38.1. The topological polar surface area (TPSA) is 27.0 Å². The van der Waals surface area contributed by atoms with Crippen LogP contribution < -0.4 is 4.90 Å². The number of anilines is 3. The van der Waals surface area contributed by atoms with Gasteiger partial charge in [0, 0.05) is 17.1 Å². The number of fused-ring (bicyclic) bond motifs is 3. The Kier molecular flexibility index (Phi) is 8.60. The van der Waals surface area contributed by atoms with Crippen LogP contribution in [0.2, 0.25) is 0 Å². The van der Waals surface area contributed by atoms with Gasteiger partial charge < -0.3 is 4.90 Å². The minimum absolute atomic E-state index is 0.638. The molecule has 0 heterocycles. The van der Waals surface area contributed by atoms with Crippen molar-refractivity contribution in [1.82, 2.24) is 0 Å². The highest BCUT2D eigenvalue weighted by atomic mass is 15.1. The Hall–Kier alpha value is -7.73. The smallest absolute Gasteiger partial charge is 0.0991 e. The van der Waals surface area contributed by atoms with E-state index in [-0.39, 0.29) is 0 Å². The van der Waals surface area contributed by atoms with Crippen molar-refractivity contribution in [3.63, 3.8) is 0 Å².